The zero-order valence-electron chi connectivity index (χ0n) is 11.0. The molecule has 0 amide bonds. The molecule has 2 N–H and O–H groups in total. The molecule has 0 aliphatic heterocycles. The van der Waals surface area contributed by atoms with Gasteiger partial charge in [-0.15, -0.1) is 0 Å². The molecule has 94 valence electrons. The van der Waals surface area contributed by atoms with Crippen LogP contribution < -0.4 is 5.73 Å². The van der Waals surface area contributed by atoms with Gasteiger partial charge in [0.15, 0.2) is 0 Å². The fourth-order valence-electron chi connectivity index (χ4n) is 1.78. The van der Waals surface area contributed by atoms with Crippen molar-refractivity contribution in [2.45, 2.75) is 40.3 Å². The maximum atomic E-state index is 13.3. The van der Waals surface area contributed by atoms with Crippen molar-refractivity contribution in [3.05, 3.63) is 35.8 Å². The number of nitrogens with zero attached hydrogens (tertiary/aromatic N) is 1. The van der Waals surface area contributed by atoms with Gasteiger partial charge >= 0.3 is 0 Å². The molecule has 1 aromatic heterocycles. The molecule has 3 heteroatoms. The van der Waals surface area contributed by atoms with Gasteiger partial charge in [-0.2, -0.15) is 0 Å². The smallest absolute Gasteiger partial charge is 0.126 e. The first-order valence-electron chi connectivity index (χ1n) is 6.08. The number of hydrogen-bond donors (Lipinski definition) is 1. The summed E-state index contributed by atoms with van der Waals surface area (Å²) in [4.78, 5) is 0. The van der Waals surface area contributed by atoms with Gasteiger partial charge in [-0.3, -0.25) is 0 Å². The van der Waals surface area contributed by atoms with Gasteiger partial charge in [-0.25, -0.2) is 4.39 Å². The molecule has 0 spiro atoms. The molecule has 0 radical (unpaired) electrons. The van der Waals surface area contributed by atoms with Crippen LogP contribution in [0.3, 0.4) is 0 Å². The number of aryl methyl sites for hydroxylation is 1. The van der Waals surface area contributed by atoms with E-state index in [4.69, 9.17) is 5.73 Å². The molecule has 1 heterocycles. The Morgan fingerprint density at radius 3 is 2.59 bits per heavy atom. The van der Waals surface area contributed by atoms with Crippen LogP contribution in [0.5, 0.6) is 0 Å². The minimum atomic E-state index is -0.152. The highest BCUT2D eigenvalue weighted by atomic mass is 19.1. The van der Waals surface area contributed by atoms with Crippen molar-refractivity contribution in [3.8, 4) is 0 Å². The third-order valence-electron chi connectivity index (χ3n) is 2.54. The van der Waals surface area contributed by atoms with E-state index in [1.54, 1.807) is 13.0 Å². The Labute approximate surface area is 102 Å². The van der Waals surface area contributed by atoms with Crippen molar-refractivity contribution in [2.24, 2.45) is 5.73 Å². The molecular weight excluding hydrogens is 215 g/mol. The summed E-state index contributed by atoms with van der Waals surface area (Å²) in [6.45, 7) is 8.49. The van der Waals surface area contributed by atoms with Gasteiger partial charge in [0, 0.05) is 29.7 Å². The molecule has 2 nitrogen and oxygen atoms in total. The molecule has 0 saturated heterocycles. The van der Waals surface area contributed by atoms with Gasteiger partial charge in [0.1, 0.15) is 5.82 Å². The fourth-order valence-corrected chi connectivity index (χ4v) is 1.78. The number of aromatic nitrogens is 1. The second kappa shape index (κ2) is 5.82. The highest BCUT2D eigenvalue weighted by molar-refractivity contribution is 5.81. The molecule has 0 bridgehead atoms. The summed E-state index contributed by atoms with van der Waals surface area (Å²) < 4.78 is 15.3. The van der Waals surface area contributed by atoms with Crippen LogP contribution in [0, 0.1) is 12.7 Å². The predicted octanol–water partition coefficient (Wildman–Crippen LogP) is 3.46. The first-order chi connectivity index (χ1) is 8.08. The highest BCUT2D eigenvalue weighted by Gasteiger charge is 2.06. The summed E-state index contributed by atoms with van der Waals surface area (Å²) in [7, 11) is 0. The van der Waals surface area contributed by atoms with E-state index in [1.807, 2.05) is 39.1 Å². The minimum absolute atomic E-state index is 0.103. The third-order valence-corrected chi connectivity index (χ3v) is 2.54. The van der Waals surface area contributed by atoms with Gasteiger partial charge in [-0.1, -0.05) is 13.8 Å². The number of fused-ring (bicyclic) bond motifs is 1. The zero-order chi connectivity index (χ0) is 13.0. The normalized spacial score (nSPS) is 12.1. The molecule has 17 heavy (non-hydrogen) atoms. The lowest BCUT2D eigenvalue weighted by atomic mass is 10.2. The lowest BCUT2D eigenvalue weighted by Crippen LogP contribution is -2.21. The van der Waals surface area contributed by atoms with Gasteiger partial charge < -0.3 is 10.3 Å². The Bertz CT molecular complexity index is 486. The molecule has 0 unspecified atom stereocenters. The molecule has 0 aliphatic carbocycles. The Kier molecular flexibility index (Phi) is 4.70. The third kappa shape index (κ3) is 3.07. The van der Waals surface area contributed by atoms with Gasteiger partial charge in [0.05, 0.1) is 0 Å². The molecule has 0 aliphatic rings. The van der Waals surface area contributed by atoms with Crippen LogP contribution in [-0.4, -0.2) is 10.6 Å². The van der Waals surface area contributed by atoms with E-state index >= 15 is 0 Å². The lowest BCUT2D eigenvalue weighted by molar-refractivity contribution is 0.603. The summed E-state index contributed by atoms with van der Waals surface area (Å²) in [5.74, 6) is -0.152. The van der Waals surface area contributed by atoms with Gasteiger partial charge in [0.25, 0.3) is 0 Å². The summed E-state index contributed by atoms with van der Waals surface area (Å²) in [5.41, 5.74) is 7.47. The summed E-state index contributed by atoms with van der Waals surface area (Å²) >= 11 is 0. The van der Waals surface area contributed by atoms with Crippen molar-refractivity contribution in [2.75, 3.05) is 0 Å². The monoisotopic (exact) mass is 236 g/mol. The predicted molar refractivity (Wildman–Crippen MR) is 71.6 cm³/mol. The fraction of sp³-hybridized carbons (Fsp3) is 0.429. The average molecular weight is 236 g/mol. The first kappa shape index (κ1) is 13.7. The van der Waals surface area contributed by atoms with E-state index in [-0.39, 0.29) is 11.9 Å². The average Bonchev–Trinajstić information content (AvgIpc) is 2.64. The molecule has 1 aromatic carbocycles. The van der Waals surface area contributed by atoms with Crippen molar-refractivity contribution in [1.29, 1.82) is 0 Å². The van der Waals surface area contributed by atoms with Crippen molar-refractivity contribution < 1.29 is 4.39 Å². The lowest BCUT2D eigenvalue weighted by Gasteiger charge is -2.08. The molecule has 2 aromatic rings. The van der Waals surface area contributed by atoms with Crippen molar-refractivity contribution in [3.63, 3.8) is 0 Å². The summed E-state index contributed by atoms with van der Waals surface area (Å²) in [5, 5.41) is 0.929. The largest absolute Gasteiger partial charge is 0.346 e. The minimum Gasteiger partial charge on any atom is -0.346 e. The molecule has 1 atom stereocenters. The van der Waals surface area contributed by atoms with Crippen molar-refractivity contribution in [1.82, 2.24) is 4.57 Å². The molecule has 0 fully saturated rings. The van der Waals surface area contributed by atoms with Gasteiger partial charge in [0.2, 0.25) is 0 Å². The number of rotatable bonds is 2. The highest BCUT2D eigenvalue weighted by Crippen LogP contribution is 2.20. The maximum Gasteiger partial charge on any atom is 0.126 e. The van der Waals surface area contributed by atoms with E-state index in [9.17, 15) is 4.39 Å². The second-order valence-corrected chi connectivity index (χ2v) is 4.11. The van der Waals surface area contributed by atoms with Crippen LogP contribution in [0.2, 0.25) is 0 Å². The molecular formula is C14H21FN2. The quantitative estimate of drug-likeness (QED) is 0.850. The first-order valence-corrected chi connectivity index (χ1v) is 6.08. The number of hydrogen-bond acceptors (Lipinski definition) is 1. The Morgan fingerprint density at radius 1 is 1.35 bits per heavy atom. The van der Waals surface area contributed by atoms with Crippen LogP contribution in [-0.2, 0) is 6.54 Å². The van der Waals surface area contributed by atoms with E-state index in [0.717, 1.165) is 17.4 Å². The van der Waals surface area contributed by atoms with E-state index in [0.29, 0.717) is 5.56 Å². The van der Waals surface area contributed by atoms with Crippen LogP contribution >= 0.6 is 0 Å². The Balaban J connectivity index is 0.000000686. The van der Waals surface area contributed by atoms with Crippen LogP contribution in [0.25, 0.3) is 10.9 Å². The topological polar surface area (TPSA) is 30.9 Å². The molecule has 2 rings (SSSR count). The van der Waals surface area contributed by atoms with E-state index in [1.165, 1.54) is 0 Å². The zero-order valence-corrected chi connectivity index (χ0v) is 11.0. The number of benzene rings is 1. The molecule has 0 saturated carbocycles. The van der Waals surface area contributed by atoms with E-state index < -0.39 is 0 Å². The SMILES string of the molecule is CC.Cc1cc2c(ccn2C[C@H](C)N)cc1F. The van der Waals surface area contributed by atoms with Crippen LogP contribution in [0.4, 0.5) is 4.39 Å². The maximum absolute atomic E-state index is 13.3. The number of halogens is 1. The van der Waals surface area contributed by atoms with E-state index in [2.05, 4.69) is 4.57 Å². The standard InChI is InChI=1S/C12H15FN2.C2H6/c1-8-5-12-10(6-11(8)13)3-4-15(12)7-9(2)14;1-2/h3-6,9H,7,14H2,1-2H3;1-2H3/t9-;/m0./s1. The van der Waals surface area contributed by atoms with Gasteiger partial charge in [-0.05, 0) is 37.6 Å². The van der Waals surface area contributed by atoms with Crippen molar-refractivity contribution >= 4 is 10.9 Å². The Morgan fingerprint density at radius 2 is 2.00 bits per heavy atom. The van der Waals surface area contributed by atoms with Crippen LogP contribution in [0.15, 0.2) is 24.4 Å². The summed E-state index contributed by atoms with van der Waals surface area (Å²) in [6.07, 6.45) is 1.95. The summed E-state index contributed by atoms with van der Waals surface area (Å²) in [6, 6.07) is 5.46. The Hall–Kier alpha value is -1.35. The number of nitrogens with two attached hydrogens (primary N) is 1. The second-order valence-electron chi connectivity index (χ2n) is 4.11. The van der Waals surface area contributed by atoms with Crippen LogP contribution in [0.1, 0.15) is 26.3 Å².